The fraction of sp³-hybridized carbons (Fsp3) is 0.214. The number of imidazole rings is 1. The Hall–Kier alpha value is -4.46. The van der Waals surface area contributed by atoms with Crippen LogP contribution in [0.25, 0.3) is 11.0 Å². The van der Waals surface area contributed by atoms with Gasteiger partial charge in [-0.25, -0.2) is 4.98 Å². The fourth-order valence-corrected chi connectivity index (χ4v) is 4.47. The van der Waals surface area contributed by atoms with Crippen molar-refractivity contribution in [3.63, 3.8) is 0 Å². The first-order valence-corrected chi connectivity index (χ1v) is 12.0. The Balaban J connectivity index is 1.20. The molecule has 3 amide bonds. The number of hydrogen-bond acceptors (Lipinski definition) is 4. The largest absolute Gasteiger partial charge is 0.340 e. The summed E-state index contributed by atoms with van der Waals surface area (Å²) in [6.45, 7) is 0. The maximum Gasteiger partial charge on any atom is 0.254 e. The van der Waals surface area contributed by atoms with E-state index in [1.165, 1.54) is 5.56 Å². The quantitative estimate of drug-likeness (QED) is 0.373. The molecule has 1 aromatic heterocycles. The van der Waals surface area contributed by atoms with Crippen molar-refractivity contribution in [3.05, 3.63) is 89.7 Å². The lowest BCUT2D eigenvalue weighted by Gasteiger charge is -2.14. The van der Waals surface area contributed by atoms with Crippen LogP contribution in [0.1, 0.15) is 34.6 Å². The number of aryl methyl sites for hydroxylation is 3. The number of carbonyl (C=O) groups excluding carboxylic acids is 3. The van der Waals surface area contributed by atoms with Crippen molar-refractivity contribution in [2.75, 3.05) is 10.6 Å². The normalized spacial score (nSPS) is 15.1. The third-order valence-electron chi connectivity index (χ3n) is 6.45. The van der Waals surface area contributed by atoms with Crippen molar-refractivity contribution in [2.45, 2.75) is 31.7 Å². The van der Waals surface area contributed by atoms with Crippen molar-refractivity contribution in [3.8, 4) is 0 Å². The number of rotatable bonds is 7. The molecule has 4 aromatic rings. The number of aromatic nitrogens is 2. The van der Waals surface area contributed by atoms with Gasteiger partial charge < -0.3 is 20.5 Å². The highest BCUT2D eigenvalue weighted by atomic mass is 16.2. The van der Waals surface area contributed by atoms with Crippen LogP contribution in [0.15, 0.2) is 72.8 Å². The van der Waals surface area contributed by atoms with Gasteiger partial charge in [-0.2, -0.15) is 0 Å². The third kappa shape index (κ3) is 4.98. The number of para-hydroxylation sites is 1. The highest BCUT2D eigenvalue weighted by molar-refractivity contribution is 6.10. The summed E-state index contributed by atoms with van der Waals surface area (Å²) in [5.41, 5.74) is 4.59. The zero-order valence-corrected chi connectivity index (χ0v) is 20.0. The second kappa shape index (κ2) is 10.0. The number of nitrogens with zero attached hydrogens (tertiary/aromatic N) is 2. The van der Waals surface area contributed by atoms with Crippen LogP contribution in [0.5, 0.6) is 0 Å². The molecular weight excluding hydrogens is 454 g/mol. The molecule has 8 nitrogen and oxygen atoms in total. The smallest absolute Gasteiger partial charge is 0.254 e. The lowest BCUT2D eigenvalue weighted by atomic mass is 10.1. The minimum atomic E-state index is -0.791. The highest BCUT2D eigenvalue weighted by Crippen LogP contribution is 2.22. The molecule has 0 saturated carbocycles. The monoisotopic (exact) mass is 481 g/mol. The molecule has 0 spiro atoms. The molecule has 1 aliphatic rings. The van der Waals surface area contributed by atoms with Gasteiger partial charge in [0, 0.05) is 25.6 Å². The van der Waals surface area contributed by atoms with Crippen molar-refractivity contribution in [2.24, 2.45) is 7.05 Å². The minimum Gasteiger partial charge on any atom is -0.340 e. The summed E-state index contributed by atoms with van der Waals surface area (Å²) in [7, 11) is 2.00. The zero-order chi connectivity index (χ0) is 25.1. The first-order chi connectivity index (χ1) is 17.5. The number of benzene rings is 3. The Morgan fingerprint density at radius 2 is 1.78 bits per heavy atom. The van der Waals surface area contributed by atoms with Crippen LogP contribution in [0.3, 0.4) is 0 Å². The molecule has 0 saturated heterocycles. The van der Waals surface area contributed by atoms with Gasteiger partial charge in [-0.05, 0) is 48.7 Å². The summed E-state index contributed by atoms with van der Waals surface area (Å²) < 4.78 is 2.08. The molecule has 0 fully saturated rings. The lowest BCUT2D eigenvalue weighted by Crippen LogP contribution is -2.41. The molecule has 0 radical (unpaired) electrons. The number of amides is 3. The van der Waals surface area contributed by atoms with Gasteiger partial charge in [0.2, 0.25) is 11.8 Å². The van der Waals surface area contributed by atoms with Crippen molar-refractivity contribution < 1.29 is 14.4 Å². The molecule has 0 aliphatic carbocycles. The molecule has 5 rings (SSSR count). The van der Waals surface area contributed by atoms with Gasteiger partial charge in [0.25, 0.3) is 5.91 Å². The number of carbonyl (C=O) groups is 3. The molecule has 8 heteroatoms. The highest BCUT2D eigenvalue weighted by Gasteiger charge is 2.27. The second-order valence-corrected chi connectivity index (χ2v) is 8.92. The van der Waals surface area contributed by atoms with Gasteiger partial charge in [0.05, 0.1) is 22.3 Å². The summed E-state index contributed by atoms with van der Waals surface area (Å²) in [4.78, 5) is 42.4. The summed E-state index contributed by atoms with van der Waals surface area (Å²) in [5.74, 6) is 0.0731. The number of anilines is 2. The standard InChI is InChI=1S/C28H27N5O3/c1-33-24-14-12-19(17-23(24)30-25(33)15-11-18-7-3-2-4-8-18)29-26(34)16-13-22-28(36)31-21-10-6-5-9-20(21)27(35)32-22/h2-10,12,14,17,22H,11,13,15-16H2,1H3,(H,29,34)(H,31,36)(H,32,35)/t22-/m1/s1. The first kappa shape index (κ1) is 23.3. The molecule has 3 aromatic carbocycles. The maximum atomic E-state index is 12.6. The van der Waals surface area contributed by atoms with Gasteiger partial charge in [0.1, 0.15) is 11.9 Å². The lowest BCUT2D eigenvalue weighted by molar-refractivity contribution is -0.118. The number of fused-ring (bicyclic) bond motifs is 2. The van der Waals surface area contributed by atoms with E-state index in [0.29, 0.717) is 16.9 Å². The molecule has 0 bridgehead atoms. The van der Waals surface area contributed by atoms with Crippen LogP contribution in [-0.4, -0.2) is 33.3 Å². The van der Waals surface area contributed by atoms with Gasteiger partial charge >= 0.3 is 0 Å². The van der Waals surface area contributed by atoms with Crippen LogP contribution in [-0.2, 0) is 29.5 Å². The molecular formula is C28H27N5O3. The Morgan fingerprint density at radius 3 is 2.61 bits per heavy atom. The molecule has 2 heterocycles. The van der Waals surface area contributed by atoms with Crippen LogP contribution in [0, 0.1) is 0 Å². The second-order valence-electron chi connectivity index (χ2n) is 8.92. The van der Waals surface area contributed by atoms with E-state index in [0.717, 1.165) is 29.7 Å². The minimum absolute atomic E-state index is 0.0806. The van der Waals surface area contributed by atoms with E-state index >= 15 is 0 Å². The van der Waals surface area contributed by atoms with Crippen LogP contribution in [0.4, 0.5) is 11.4 Å². The summed E-state index contributed by atoms with van der Waals surface area (Å²) >= 11 is 0. The molecule has 36 heavy (non-hydrogen) atoms. The molecule has 1 atom stereocenters. The topological polar surface area (TPSA) is 105 Å². The van der Waals surface area contributed by atoms with Crippen LogP contribution >= 0.6 is 0 Å². The third-order valence-corrected chi connectivity index (χ3v) is 6.45. The van der Waals surface area contributed by atoms with Crippen molar-refractivity contribution in [1.29, 1.82) is 0 Å². The van der Waals surface area contributed by atoms with Crippen molar-refractivity contribution >= 4 is 40.1 Å². The number of hydrogen-bond donors (Lipinski definition) is 3. The Kier molecular flexibility index (Phi) is 6.49. The van der Waals surface area contributed by atoms with E-state index in [2.05, 4.69) is 32.7 Å². The van der Waals surface area contributed by atoms with Crippen molar-refractivity contribution in [1.82, 2.24) is 14.9 Å². The number of nitrogens with one attached hydrogen (secondary N) is 3. The van der Waals surface area contributed by atoms with E-state index in [1.54, 1.807) is 24.3 Å². The zero-order valence-electron chi connectivity index (χ0n) is 20.0. The Morgan fingerprint density at radius 1 is 1.00 bits per heavy atom. The summed E-state index contributed by atoms with van der Waals surface area (Å²) in [6.07, 6.45) is 1.98. The molecule has 0 unspecified atom stereocenters. The SMILES string of the molecule is Cn1c(CCc2ccccc2)nc2cc(NC(=O)CC[C@H]3NC(=O)c4ccccc4NC3=O)ccc21. The van der Waals surface area contributed by atoms with E-state index < -0.39 is 6.04 Å². The van der Waals surface area contributed by atoms with Crippen LogP contribution in [0.2, 0.25) is 0 Å². The maximum absolute atomic E-state index is 12.6. The predicted molar refractivity (Wildman–Crippen MR) is 139 cm³/mol. The summed E-state index contributed by atoms with van der Waals surface area (Å²) in [6, 6.07) is 22.0. The van der Waals surface area contributed by atoms with Gasteiger partial charge in [-0.1, -0.05) is 42.5 Å². The molecule has 1 aliphatic heterocycles. The average Bonchev–Trinajstić information content (AvgIpc) is 3.13. The van der Waals surface area contributed by atoms with E-state index in [4.69, 9.17) is 4.98 Å². The average molecular weight is 482 g/mol. The molecule has 182 valence electrons. The Labute approximate surface area is 208 Å². The summed E-state index contributed by atoms with van der Waals surface area (Å²) in [5, 5.41) is 8.36. The van der Waals surface area contributed by atoms with E-state index in [-0.39, 0.29) is 30.6 Å². The predicted octanol–water partition coefficient (Wildman–Crippen LogP) is 3.83. The molecule has 3 N–H and O–H groups in total. The fourth-order valence-electron chi connectivity index (χ4n) is 4.47. The van der Waals surface area contributed by atoms with Gasteiger partial charge in [-0.3, -0.25) is 14.4 Å². The van der Waals surface area contributed by atoms with E-state index in [9.17, 15) is 14.4 Å². The van der Waals surface area contributed by atoms with Gasteiger partial charge in [-0.15, -0.1) is 0 Å². The van der Waals surface area contributed by atoms with E-state index in [1.807, 2.05) is 43.4 Å². The Bertz CT molecular complexity index is 1440. The van der Waals surface area contributed by atoms with Crippen LogP contribution < -0.4 is 16.0 Å². The van der Waals surface area contributed by atoms with Gasteiger partial charge in [0.15, 0.2) is 0 Å². The first-order valence-electron chi connectivity index (χ1n) is 12.0.